The minimum absolute atomic E-state index is 0.122. The molecule has 0 spiro atoms. The van der Waals surface area contributed by atoms with E-state index >= 15 is 0 Å². The van der Waals surface area contributed by atoms with Gasteiger partial charge in [0, 0.05) is 12.1 Å². The first kappa shape index (κ1) is 17.6. The fourth-order valence-corrected chi connectivity index (χ4v) is 2.54. The number of hydrogen-bond donors (Lipinski definition) is 1. The molecule has 24 heavy (non-hydrogen) atoms. The molecule has 126 valence electrons. The number of aromatic hydroxyl groups is 1. The summed E-state index contributed by atoms with van der Waals surface area (Å²) in [6.07, 6.45) is 3.21. The quantitative estimate of drug-likeness (QED) is 0.630. The summed E-state index contributed by atoms with van der Waals surface area (Å²) in [6, 6.07) is 10.9. The van der Waals surface area contributed by atoms with Crippen molar-refractivity contribution in [2.75, 3.05) is 14.2 Å². The maximum absolute atomic E-state index is 12.5. The molecule has 0 aliphatic rings. The van der Waals surface area contributed by atoms with Crippen LogP contribution >= 0.6 is 0 Å². The second-order valence-electron chi connectivity index (χ2n) is 5.70. The van der Waals surface area contributed by atoms with Crippen LogP contribution < -0.4 is 9.47 Å². The van der Waals surface area contributed by atoms with Gasteiger partial charge in [0.05, 0.1) is 14.2 Å². The van der Waals surface area contributed by atoms with Crippen molar-refractivity contribution < 1.29 is 19.4 Å². The average Bonchev–Trinajstić information content (AvgIpc) is 2.58. The van der Waals surface area contributed by atoms with Gasteiger partial charge in [0.2, 0.25) is 0 Å². The third kappa shape index (κ3) is 3.77. The molecule has 4 nitrogen and oxygen atoms in total. The minimum atomic E-state index is -0.328. The number of carbonyl (C=O) groups is 1. The van der Waals surface area contributed by atoms with E-state index in [0.29, 0.717) is 11.7 Å². The zero-order chi connectivity index (χ0) is 17.7. The van der Waals surface area contributed by atoms with E-state index in [1.165, 1.54) is 26.4 Å². The molecule has 0 aliphatic carbocycles. The maximum Gasteiger partial charge on any atom is 0.193 e. The molecule has 0 unspecified atom stereocenters. The average molecular weight is 326 g/mol. The summed E-state index contributed by atoms with van der Waals surface area (Å²) in [4.78, 5) is 12.5. The van der Waals surface area contributed by atoms with Crippen molar-refractivity contribution >= 4 is 11.9 Å². The third-order valence-corrected chi connectivity index (χ3v) is 3.79. The first-order valence-corrected chi connectivity index (χ1v) is 7.74. The molecule has 0 saturated carbocycles. The summed E-state index contributed by atoms with van der Waals surface area (Å²) in [5.41, 5.74) is 2.26. The molecule has 4 heteroatoms. The Morgan fingerprint density at radius 1 is 1.12 bits per heavy atom. The number of carbonyl (C=O) groups excluding carboxylic acids is 1. The first-order chi connectivity index (χ1) is 11.5. The second-order valence-corrected chi connectivity index (χ2v) is 5.70. The summed E-state index contributed by atoms with van der Waals surface area (Å²) in [5, 5.41) is 10.1. The van der Waals surface area contributed by atoms with E-state index in [0.717, 1.165) is 11.1 Å². The lowest BCUT2D eigenvalue weighted by molar-refractivity contribution is 0.104. The molecule has 0 heterocycles. The first-order valence-electron chi connectivity index (χ1n) is 7.74. The maximum atomic E-state index is 12.5. The van der Waals surface area contributed by atoms with E-state index in [1.54, 1.807) is 12.1 Å². The molecule has 2 rings (SSSR count). The predicted molar refractivity (Wildman–Crippen MR) is 95.1 cm³/mol. The smallest absolute Gasteiger partial charge is 0.193 e. The Morgan fingerprint density at radius 2 is 1.83 bits per heavy atom. The molecular weight excluding hydrogens is 304 g/mol. The van der Waals surface area contributed by atoms with E-state index < -0.39 is 0 Å². The standard InChI is InChI=1S/C20H22O4/c1-13(2)16-8-6-5-7-14(16)9-10-17(21)20-18(22)11-15(23-3)12-19(20)24-4/h5-13,22H,1-4H3/b10-9+. The van der Waals surface area contributed by atoms with E-state index in [1.807, 2.05) is 24.3 Å². The van der Waals surface area contributed by atoms with Crippen LogP contribution in [0.5, 0.6) is 17.2 Å². The van der Waals surface area contributed by atoms with Gasteiger partial charge in [0.25, 0.3) is 0 Å². The number of phenols is 1. The normalized spacial score (nSPS) is 11.0. The minimum Gasteiger partial charge on any atom is -0.507 e. The lowest BCUT2D eigenvalue weighted by Crippen LogP contribution is -2.01. The van der Waals surface area contributed by atoms with Crippen molar-refractivity contribution in [3.8, 4) is 17.2 Å². The van der Waals surface area contributed by atoms with Crippen molar-refractivity contribution in [3.05, 3.63) is 59.2 Å². The van der Waals surface area contributed by atoms with Crippen LogP contribution in [0.15, 0.2) is 42.5 Å². The van der Waals surface area contributed by atoms with E-state index in [9.17, 15) is 9.90 Å². The molecule has 2 aromatic rings. The van der Waals surface area contributed by atoms with Crippen molar-refractivity contribution in [1.82, 2.24) is 0 Å². The number of methoxy groups -OCH3 is 2. The van der Waals surface area contributed by atoms with Crippen LogP contribution in [-0.4, -0.2) is 25.1 Å². The highest BCUT2D eigenvalue weighted by molar-refractivity contribution is 6.10. The van der Waals surface area contributed by atoms with E-state index in [-0.39, 0.29) is 22.8 Å². The van der Waals surface area contributed by atoms with Gasteiger partial charge in [-0.2, -0.15) is 0 Å². The molecule has 0 bridgehead atoms. The van der Waals surface area contributed by atoms with Crippen LogP contribution in [-0.2, 0) is 0 Å². The molecular formula is C20H22O4. The van der Waals surface area contributed by atoms with Gasteiger partial charge >= 0.3 is 0 Å². The van der Waals surface area contributed by atoms with Gasteiger partial charge in [-0.05, 0) is 23.1 Å². The van der Waals surface area contributed by atoms with Crippen LogP contribution in [0, 0.1) is 0 Å². The predicted octanol–water partition coefficient (Wildman–Crippen LogP) is 4.43. The molecule has 0 atom stereocenters. The third-order valence-electron chi connectivity index (χ3n) is 3.79. The largest absolute Gasteiger partial charge is 0.507 e. The van der Waals surface area contributed by atoms with Crippen LogP contribution in [0.4, 0.5) is 0 Å². The number of ketones is 1. The molecule has 0 saturated heterocycles. The Bertz CT molecular complexity index is 760. The highest BCUT2D eigenvalue weighted by Gasteiger charge is 2.17. The number of phenolic OH excluding ortho intramolecular Hbond substituents is 1. The molecule has 0 fully saturated rings. The molecule has 0 amide bonds. The van der Waals surface area contributed by atoms with Gasteiger partial charge in [0.1, 0.15) is 22.8 Å². The van der Waals surface area contributed by atoms with Crippen LogP contribution in [0.1, 0.15) is 41.3 Å². The SMILES string of the molecule is COc1cc(O)c(C(=O)/C=C/c2ccccc2C(C)C)c(OC)c1. The molecule has 1 N–H and O–H groups in total. The Kier molecular flexibility index (Phi) is 5.64. The monoisotopic (exact) mass is 326 g/mol. The molecule has 0 aromatic heterocycles. The molecule has 2 aromatic carbocycles. The van der Waals surface area contributed by atoms with Gasteiger partial charge in [-0.25, -0.2) is 0 Å². The number of rotatable bonds is 6. The Hall–Kier alpha value is -2.75. The number of allylic oxidation sites excluding steroid dienone is 1. The molecule has 0 radical (unpaired) electrons. The number of hydrogen-bond acceptors (Lipinski definition) is 4. The molecule has 0 aliphatic heterocycles. The van der Waals surface area contributed by atoms with E-state index in [4.69, 9.17) is 9.47 Å². The van der Waals surface area contributed by atoms with Gasteiger partial charge in [-0.3, -0.25) is 4.79 Å². The lowest BCUT2D eigenvalue weighted by Gasteiger charge is -2.11. The summed E-state index contributed by atoms with van der Waals surface area (Å²) in [7, 11) is 2.93. The fraction of sp³-hybridized carbons (Fsp3) is 0.250. The van der Waals surface area contributed by atoms with Gasteiger partial charge < -0.3 is 14.6 Å². The lowest BCUT2D eigenvalue weighted by atomic mass is 9.96. The Balaban J connectivity index is 2.37. The van der Waals surface area contributed by atoms with Crippen molar-refractivity contribution in [3.63, 3.8) is 0 Å². The topological polar surface area (TPSA) is 55.8 Å². The zero-order valence-electron chi connectivity index (χ0n) is 14.4. The number of ether oxygens (including phenoxy) is 2. The Labute approximate surface area is 142 Å². The van der Waals surface area contributed by atoms with Gasteiger partial charge in [-0.1, -0.05) is 44.2 Å². The Morgan fingerprint density at radius 3 is 2.46 bits per heavy atom. The summed E-state index contributed by atoms with van der Waals surface area (Å²) in [5.74, 6) is 0.558. The number of benzene rings is 2. The van der Waals surface area contributed by atoms with E-state index in [2.05, 4.69) is 13.8 Å². The highest BCUT2D eigenvalue weighted by Crippen LogP contribution is 2.34. The second kappa shape index (κ2) is 7.68. The van der Waals surface area contributed by atoms with Gasteiger partial charge in [-0.15, -0.1) is 0 Å². The van der Waals surface area contributed by atoms with Crippen molar-refractivity contribution in [1.29, 1.82) is 0 Å². The van der Waals surface area contributed by atoms with Crippen LogP contribution in [0.3, 0.4) is 0 Å². The van der Waals surface area contributed by atoms with Crippen LogP contribution in [0.2, 0.25) is 0 Å². The van der Waals surface area contributed by atoms with Gasteiger partial charge in [0.15, 0.2) is 5.78 Å². The highest BCUT2D eigenvalue weighted by atomic mass is 16.5. The summed E-state index contributed by atoms with van der Waals surface area (Å²) in [6.45, 7) is 4.21. The summed E-state index contributed by atoms with van der Waals surface area (Å²) >= 11 is 0. The zero-order valence-corrected chi connectivity index (χ0v) is 14.4. The van der Waals surface area contributed by atoms with Crippen molar-refractivity contribution in [2.45, 2.75) is 19.8 Å². The summed E-state index contributed by atoms with van der Waals surface area (Å²) < 4.78 is 10.3. The fourth-order valence-electron chi connectivity index (χ4n) is 2.54. The van der Waals surface area contributed by atoms with Crippen LogP contribution in [0.25, 0.3) is 6.08 Å². The van der Waals surface area contributed by atoms with Crippen molar-refractivity contribution in [2.24, 2.45) is 0 Å².